The Balaban J connectivity index is 1.54. The summed E-state index contributed by atoms with van der Waals surface area (Å²) in [5, 5.41) is 0. The van der Waals surface area contributed by atoms with Gasteiger partial charge >= 0.3 is 42.8 Å². The first-order valence-electron chi connectivity index (χ1n) is 18.6. The molecule has 0 radical (unpaired) electrons. The molecule has 0 aromatic heterocycles. The minimum absolute atomic E-state index is 1.06. The summed E-state index contributed by atoms with van der Waals surface area (Å²) in [6.07, 6.45) is 10.5. The molecule has 1 saturated heterocycles. The molecule has 10 heteroatoms. The lowest BCUT2D eigenvalue weighted by Gasteiger charge is -2.47. The van der Waals surface area contributed by atoms with Gasteiger partial charge in [0.1, 0.15) is 0 Å². The average molecular weight is 811 g/mol. The molecular weight excluding hydrogens is 761 g/mol. The third-order valence-corrected chi connectivity index (χ3v) is 29.0. The van der Waals surface area contributed by atoms with Crippen molar-refractivity contribution in [2.24, 2.45) is 0 Å². The van der Waals surface area contributed by atoms with E-state index < -0.39 is 42.8 Å². The Bertz CT molecular complexity index is 1740. The van der Waals surface area contributed by atoms with Crippen LogP contribution in [0.5, 0.6) is 0 Å². The Kier molecular flexibility index (Phi) is 13.3. The minimum Gasteiger partial charge on any atom is -0.410 e. The van der Waals surface area contributed by atoms with Crippen LogP contribution in [0.25, 0.3) is 30.4 Å². The van der Waals surface area contributed by atoms with Gasteiger partial charge in [-0.2, -0.15) is 0 Å². The SMILES string of the molecule is C[Si]1(/C=C\c2ccccc2)O[Si](C)(/C=C/c2ccccc2)O[Si](C)(/C=C/c2ccccc2)O[Si](C)(/C=C/c2ccccc2)O[Si](C)(/C=C/c2ccccc2)O1. The van der Waals surface area contributed by atoms with Gasteiger partial charge in [0.15, 0.2) is 0 Å². The second kappa shape index (κ2) is 18.1. The number of hydrogen-bond acceptors (Lipinski definition) is 5. The van der Waals surface area contributed by atoms with E-state index in [1.54, 1.807) is 0 Å². The number of rotatable bonds is 10. The van der Waals surface area contributed by atoms with Crippen molar-refractivity contribution in [2.75, 3.05) is 0 Å². The van der Waals surface area contributed by atoms with E-state index in [2.05, 4.69) is 152 Å². The Morgan fingerprint density at radius 1 is 0.255 bits per heavy atom. The maximum absolute atomic E-state index is 7.44. The van der Waals surface area contributed by atoms with Gasteiger partial charge in [0.2, 0.25) is 0 Å². The molecule has 0 aliphatic carbocycles. The molecule has 0 bridgehead atoms. The second-order valence-electron chi connectivity index (χ2n) is 14.3. The lowest BCUT2D eigenvalue weighted by molar-refractivity contribution is 0.251. The molecule has 1 heterocycles. The predicted octanol–water partition coefficient (Wildman–Crippen LogP) is 11.7. The smallest absolute Gasteiger partial charge is 0.344 e. The zero-order chi connectivity index (χ0) is 38.7. The molecule has 1 aliphatic heterocycles. The van der Waals surface area contributed by atoms with Crippen molar-refractivity contribution >= 4 is 73.2 Å². The van der Waals surface area contributed by atoms with Crippen LogP contribution >= 0.6 is 0 Å². The summed E-state index contributed by atoms with van der Waals surface area (Å²) in [5.41, 5.74) is 16.0. The quantitative estimate of drug-likeness (QED) is 0.132. The third kappa shape index (κ3) is 12.3. The summed E-state index contributed by atoms with van der Waals surface area (Å²) < 4.78 is 37.2. The standard InChI is InChI=1S/C45H50O5Si5/c1-51(36-31-41-21-11-6-12-22-41)46-52(2,37-32-42-23-13-7-14-24-42)48-54(4,39-34-44-27-17-9-18-28-44)50-55(5,40-35-45-29-19-10-20-30-45)49-53(3,47-51)38-33-43-25-15-8-16-26-43/h6-40H,1-5H3/b36-31-,37-32+,38-33+,39-34+,40-35+. The molecule has 5 aromatic carbocycles. The summed E-state index contributed by atoms with van der Waals surface area (Å²) in [6, 6.07) is 51.4. The molecule has 55 heavy (non-hydrogen) atoms. The van der Waals surface area contributed by atoms with Gasteiger partial charge in [-0.1, -0.05) is 182 Å². The molecule has 0 saturated carbocycles. The van der Waals surface area contributed by atoms with Crippen LogP contribution in [0.1, 0.15) is 27.8 Å². The van der Waals surface area contributed by atoms with Crippen molar-refractivity contribution in [3.63, 3.8) is 0 Å². The van der Waals surface area contributed by atoms with Crippen molar-refractivity contribution in [3.8, 4) is 0 Å². The molecule has 5 nitrogen and oxygen atoms in total. The van der Waals surface area contributed by atoms with Crippen LogP contribution < -0.4 is 0 Å². The highest BCUT2D eigenvalue weighted by Gasteiger charge is 2.55. The molecule has 1 aliphatic rings. The summed E-state index contributed by atoms with van der Waals surface area (Å²) >= 11 is 0. The van der Waals surface area contributed by atoms with Gasteiger partial charge in [-0.15, -0.1) is 0 Å². The lowest BCUT2D eigenvalue weighted by atomic mass is 10.2. The van der Waals surface area contributed by atoms with Gasteiger partial charge in [-0.05, 0) is 89.0 Å². The monoisotopic (exact) mass is 810 g/mol. The van der Waals surface area contributed by atoms with Gasteiger partial charge in [-0.25, -0.2) is 0 Å². The first kappa shape index (κ1) is 40.4. The molecular formula is C45H50O5Si5. The van der Waals surface area contributed by atoms with Gasteiger partial charge in [-0.3, -0.25) is 0 Å². The predicted molar refractivity (Wildman–Crippen MR) is 241 cm³/mol. The zero-order valence-corrected chi connectivity index (χ0v) is 37.2. The van der Waals surface area contributed by atoms with Gasteiger partial charge in [0.05, 0.1) is 0 Å². The maximum Gasteiger partial charge on any atom is 0.344 e. The van der Waals surface area contributed by atoms with Crippen molar-refractivity contribution in [3.05, 3.63) is 208 Å². The largest absolute Gasteiger partial charge is 0.410 e. The molecule has 6 rings (SSSR count). The number of benzene rings is 5. The molecule has 280 valence electrons. The third-order valence-electron chi connectivity index (χ3n) is 8.92. The van der Waals surface area contributed by atoms with Crippen molar-refractivity contribution in [1.29, 1.82) is 0 Å². The van der Waals surface area contributed by atoms with Crippen LogP contribution in [0.15, 0.2) is 180 Å². The van der Waals surface area contributed by atoms with E-state index in [-0.39, 0.29) is 0 Å². The molecule has 0 N–H and O–H groups in total. The molecule has 4 atom stereocenters. The summed E-state index contributed by atoms with van der Waals surface area (Å²) in [4.78, 5) is 0. The fourth-order valence-electron chi connectivity index (χ4n) is 6.52. The Hall–Kier alpha value is -4.32. The van der Waals surface area contributed by atoms with Crippen LogP contribution in [-0.2, 0) is 20.6 Å². The van der Waals surface area contributed by atoms with Crippen molar-refractivity contribution < 1.29 is 20.6 Å². The second-order valence-corrected chi connectivity index (χ2v) is 30.2. The highest BCUT2D eigenvalue weighted by Crippen LogP contribution is 2.35. The normalized spacial score (nSPS) is 28.1. The van der Waals surface area contributed by atoms with Gasteiger partial charge < -0.3 is 20.6 Å². The summed E-state index contributed by atoms with van der Waals surface area (Å²) in [5.74, 6) is 0. The average Bonchev–Trinajstić information content (AvgIpc) is 3.19. The Morgan fingerprint density at radius 2 is 0.400 bits per heavy atom. The van der Waals surface area contributed by atoms with E-state index in [0.717, 1.165) is 27.8 Å². The van der Waals surface area contributed by atoms with Crippen LogP contribution in [0.2, 0.25) is 32.7 Å². The van der Waals surface area contributed by atoms with Crippen LogP contribution in [0.4, 0.5) is 0 Å². The molecule has 0 spiro atoms. The van der Waals surface area contributed by atoms with E-state index in [1.165, 1.54) is 0 Å². The minimum atomic E-state index is -3.27. The fraction of sp³-hybridized carbons (Fsp3) is 0.111. The van der Waals surface area contributed by atoms with E-state index in [9.17, 15) is 0 Å². The zero-order valence-electron chi connectivity index (χ0n) is 32.2. The maximum atomic E-state index is 7.44. The molecule has 0 amide bonds. The van der Waals surface area contributed by atoms with Crippen LogP contribution in [-0.4, -0.2) is 42.8 Å². The van der Waals surface area contributed by atoms with Gasteiger partial charge in [0, 0.05) is 0 Å². The summed E-state index contributed by atoms with van der Waals surface area (Å²) in [7, 11) is -16.4. The topological polar surface area (TPSA) is 46.2 Å². The molecule has 1 fully saturated rings. The number of hydrogen-bond donors (Lipinski definition) is 0. The highest BCUT2D eigenvalue weighted by molar-refractivity contribution is 6.99. The van der Waals surface area contributed by atoms with E-state index >= 15 is 0 Å². The van der Waals surface area contributed by atoms with Crippen molar-refractivity contribution in [2.45, 2.75) is 32.7 Å². The summed E-state index contributed by atoms with van der Waals surface area (Å²) in [6.45, 7) is 10.6. The lowest BCUT2D eigenvalue weighted by Crippen LogP contribution is -2.66. The van der Waals surface area contributed by atoms with E-state index in [0.29, 0.717) is 0 Å². The van der Waals surface area contributed by atoms with Crippen molar-refractivity contribution in [1.82, 2.24) is 0 Å². The fourth-order valence-corrected chi connectivity index (χ4v) is 30.5. The first-order chi connectivity index (χ1) is 26.4. The van der Waals surface area contributed by atoms with E-state index in [1.807, 2.05) is 91.0 Å². The Labute approximate surface area is 332 Å². The van der Waals surface area contributed by atoms with Crippen LogP contribution in [0, 0.1) is 0 Å². The van der Waals surface area contributed by atoms with E-state index in [4.69, 9.17) is 20.6 Å². The Morgan fingerprint density at radius 3 is 0.545 bits per heavy atom. The van der Waals surface area contributed by atoms with Gasteiger partial charge in [0.25, 0.3) is 0 Å². The van der Waals surface area contributed by atoms with Crippen LogP contribution in [0.3, 0.4) is 0 Å². The first-order valence-corrected chi connectivity index (χ1v) is 30.6. The highest BCUT2D eigenvalue weighted by atomic mass is 28.5. The molecule has 5 aromatic rings. The molecule has 4 unspecified atom stereocenters.